The van der Waals surface area contributed by atoms with Gasteiger partial charge in [-0.05, 0) is 42.8 Å². The Morgan fingerprint density at radius 2 is 2.00 bits per heavy atom. The second-order valence-electron chi connectivity index (χ2n) is 8.27. The highest BCUT2D eigenvalue weighted by Crippen LogP contribution is 2.36. The van der Waals surface area contributed by atoms with E-state index in [0.717, 1.165) is 12.1 Å². The first kappa shape index (κ1) is 24.4. The summed E-state index contributed by atoms with van der Waals surface area (Å²) in [5.41, 5.74) is 0.723. The van der Waals surface area contributed by atoms with Crippen molar-refractivity contribution in [1.82, 2.24) is 15.2 Å². The highest BCUT2D eigenvalue weighted by molar-refractivity contribution is 7.99. The fourth-order valence-corrected chi connectivity index (χ4v) is 6.22. The number of thioether (sulfide) groups is 1. The lowest BCUT2D eigenvalue weighted by atomic mass is 10.1. The van der Waals surface area contributed by atoms with Crippen molar-refractivity contribution in [1.29, 1.82) is 0 Å². The number of halogens is 3. The number of furan rings is 1. The summed E-state index contributed by atoms with van der Waals surface area (Å²) in [6, 6.07) is 11.6. The number of aromatic nitrogens is 1. The van der Waals surface area contributed by atoms with Crippen molar-refractivity contribution in [3.8, 4) is 10.4 Å². The molecule has 3 heterocycles. The lowest BCUT2D eigenvalue weighted by molar-refractivity contribution is -0.137. The van der Waals surface area contributed by atoms with Gasteiger partial charge in [0.2, 0.25) is 0 Å². The molecule has 1 N–H and O–H groups in total. The fourth-order valence-electron chi connectivity index (χ4n) is 4.11. The molecule has 2 aromatic carbocycles. The number of hydrogen-bond donors (Lipinski definition) is 1. The van der Waals surface area contributed by atoms with Crippen molar-refractivity contribution in [2.24, 2.45) is 0 Å². The van der Waals surface area contributed by atoms with Crippen molar-refractivity contribution >= 4 is 45.9 Å². The maximum atomic E-state index is 13.5. The summed E-state index contributed by atoms with van der Waals surface area (Å²) in [7, 11) is 0. The third-order valence-corrected chi connectivity index (χ3v) is 7.97. The van der Waals surface area contributed by atoms with E-state index in [9.17, 15) is 22.8 Å². The number of aryl methyl sites for hydroxylation is 1. The summed E-state index contributed by atoms with van der Waals surface area (Å²) in [5, 5.41) is 4.18. The Kier molecular flexibility index (Phi) is 6.52. The minimum absolute atomic E-state index is 0.124. The molecule has 1 fully saturated rings. The van der Waals surface area contributed by atoms with E-state index in [4.69, 9.17) is 4.42 Å². The number of nitrogens with one attached hydrogen (secondary N) is 1. The summed E-state index contributed by atoms with van der Waals surface area (Å²) < 4.78 is 45.1. The Morgan fingerprint density at radius 3 is 2.81 bits per heavy atom. The number of hydrogen-bond acceptors (Lipinski definition) is 6. The minimum atomic E-state index is -4.49. The molecule has 0 spiro atoms. The van der Waals surface area contributed by atoms with Crippen molar-refractivity contribution < 1.29 is 27.2 Å². The molecule has 36 heavy (non-hydrogen) atoms. The van der Waals surface area contributed by atoms with Gasteiger partial charge < -0.3 is 14.6 Å². The standard InChI is InChI=1S/C25H20F3N3O3S2/c1-14-30-21(22(36-14)15-4-2-5-16(10-15)25(26,27)28)24(33)31-13-35-12-17(31)11-29-23(32)19-6-3-7-20-18(19)8-9-34-20/h2-10,17H,11-13H2,1H3,(H,29,32)/t17-/m1/s1. The Morgan fingerprint density at radius 1 is 1.19 bits per heavy atom. The Labute approximate surface area is 212 Å². The molecule has 186 valence electrons. The summed E-state index contributed by atoms with van der Waals surface area (Å²) in [5.74, 6) is 0.368. The predicted molar refractivity (Wildman–Crippen MR) is 133 cm³/mol. The number of amides is 2. The van der Waals surface area contributed by atoms with E-state index >= 15 is 0 Å². The second-order valence-corrected chi connectivity index (χ2v) is 10.5. The predicted octanol–water partition coefficient (Wildman–Crippen LogP) is 5.83. The third kappa shape index (κ3) is 4.72. The summed E-state index contributed by atoms with van der Waals surface area (Å²) in [4.78, 5) is 32.7. The number of thiazole rings is 1. The molecule has 11 heteroatoms. The molecule has 6 nitrogen and oxygen atoms in total. The Bertz CT molecular complexity index is 1450. The van der Waals surface area contributed by atoms with Crippen LogP contribution in [0.25, 0.3) is 21.4 Å². The smallest absolute Gasteiger partial charge is 0.416 e. The molecule has 2 amide bonds. The van der Waals surface area contributed by atoms with Gasteiger partial charge >= 0.3 is 6.18 Å². The van der Waals surface area contributed by atoms with Gasteiger partial charge in [0.25, 0.3) is 11.8 Å². The third-order valence-electron chi connectivity index (χ3n) is 5.87. The first-order chi connectivity index (χ1) is 17.2. The molecule has 0 aliphatic carbocycles. The number of nitrogens with zero attached hydrogens (tertiary/aromatic N) is 2. The quantitative estimate of drug-likeness (QED) is 0.351. The molecular weight excluding hydrogens is 511 g/mol. The van der Waals surface area contributed by atoms with E-state index in [0.29, 0.717) is 43.6 Å². The van der Waals surface area contributed by atoms with Gasteiger partial charge in [0.05, 0.1) is 39.2 Å². The zero-order chi connectivity index (χ0) is 25.4. The van der Waals surface area contributed by atoms with E-state index in [-0.39, 0.29) is 30.1 Å². The molecule has 0 saturated carbocycles. The molecule has 1 saturated heterocycles. The van der Waals surface area contributed by atoms with Gasteiger partial charge in [0.15, 0.2) is 0 Å². The van der Waals surface area contributed by atoms with Crippen LogP contribution in [0.2, 0.25) is 0 Å². The fraction of sp³-hybridized carbons (Fsp3) is 0.240. The van der Waals surface area contributed by atoms with Crippen LogP contribution in [0.4, 0.5) is 13.2 Å². The molecule has 4 aromatic rings. The maximum absolute atomic E-state index is 13.5. The molecule has 0 radical (unpaired) electrons. The number of alkyl halides is 3. The first-order valence-corrected chi connectivity index (χ1v) is 13.0. The van der Waals surface area contributed by atoms with E-state index in [1.54, 1.807) is 53.9 Å². The van der Waals surface area contributed by atoms with Crippen molar-refractivity contribution in [3.05, 3.63) is 76.6 Å². The van der Waals surface area contributed by atoms with E-state index < -0.39 is 11.7 Å². The van der Waals surface area contributed by atoms with Crippen LogP contribution >= 0.6 is 23.1 Å². The Balaban J connectivity index is 1.35. The van der Waals surface area contributed by atoms with Crippen LogP contribution in [0.3, 0.4) is 0 Å². The summed E-state index contributed by atoms with van der Waals surface area (Å²) in [6.07, 6.45) is -2.97. The normalized spacial score (nSPS) is 16.0. The minimum Gasteiger partial charge on any atom is -0.464 e. The largest absolute Gasteiger partial charge is 0.464 e. The molecule has 1 aliphatic rings. The van der Waals surface area contributed by atoms with Gasteiger partial charge in [0, 0.05) is 17.7 Å². The van der Waals surface area contributed by atoms with Crippen molar-refractivity contribution in [2.75, 3.05) is 18.2 Å². The van der Waals surface area contributed by atoms with Crippen molar-refractivity contribution in [3.63, 3.8) is 0 Å². The van der Waals surface area contributed by atoms with Crippen molar-refractivity contribution in [2.45, 2.75) is 19.1 Å². The van der Waals surface area contributed by atoms with Crippen LogP contribution in [0, 0.1) is 6.92 Å². The topological polar surface area (TPSA) is 75.4 Å². The number of fused-ring (bicyclic) bond motifs is 1. The number of carbonyl (C=O) groups is 2. The van der Waals surface area contributed by atoms with Crippen LogP contribution in [-0.4, -0.2) is 45.9 Å². The number of benzene rings is 2. The van der Waals surface area contributed by atoms with Gasteiger partial charge in [-0.3, -0.25) is 9.59 Å². The molecule has 0 unspecified atom stereocenters. The van der Waals surface area contributed by atoms with Crippen LogP contribution in [0.5, 0.6) is 0 Å². The Hall–Kier alpha value is -3.31. The zero-order valence-corrected chi connectivity index (χ0v) is 20.6. The highest BCUT2D eigenvalue weighted by Gasteiger charge is 2.34. The van der Waals surface area contributed by atoms with E-state index in [2.05, 4.69) is 10.3 Å². The first-order valence-electron chi connectivity index (χ1n) is 11.0. The summed E-state index contributed by atoms with van der Waals surface area (Å²) in [6.45, 7) is 1.94. The van der Waals surface area contributed by atoms with Gasteiger partial charge in [-0.15, -0.1) is 23.1 Å². The monoisotopic (exact) mass is 531 g/mol. The zero-order valence-electron chi connectivity index (χ0n) is 19.0. The molecule has 0 bridgehead atoms. The van der Waals surface area contributed by atoms with Crippen LogP contribution in [0.15, 0.2) is 59.2 Å². The van der Waals surface area contributed by atoms with Gasteiger partial charge in [-0.2, -0.15) is 13.2 Å². The molecule has 5 rings (SSSR count). The lowest BCUT2D eigenvalue weighted by Crippen LogP contribution is -2.44. The van der Waals surface area contributed by atoms with Gasteiger partial charge in [-0.1, -0.05) is 18.2 Å². The molecule has 1 aliphatic heterocycles. The SMILES string of the molecule is Cc1nc(C(=O)N2CSC[C@H]2CNC(=O)c2cccc3occc23)c(-c2cccc(C(F)(F)F)c2)s1. The number of carbonyl (C=O) groups excluding carboxylic acids is 2. The number of rotatable bonds is 5. The van der Waals surface area contributed by atoms with E-state index in [1.807, 2.05) is 0 Å². The summed E-state index contributed by atoms with van der Waals surface area (Å²) >= 11 is 2.73. The molecular formula is C25H20F3N3O3S2. The maximum Gasteiger partial charge on any atom is 0.416 e. The second kappa shape index (κ2) is 9.62. The van der Waals surface area contributed by atoms with Gasteiger partial charge in [-0.25, -0.2) is 4.98 Å². The molecule has 1 atom stereocenters. The molecule has 2 aromatic heterocycles. The average Bonchev–Trinajstić information content (AvgIpc) is 3.60. The van der Waals surface area contributed by atoms with Gasteiger partial charge in [0.1, 0.15) is 11.3 Å². The van der Waals surface area contributed by atoms with E-state index in [1.165, 1.54) is 23.7 Å². The lowest BCUT2D eigenvalue weighted by Gasteiger charge is -2.24. The van der Waals surface area contributed by atoms with Crippen LogP contribution < -0.4 is 5.32 Å². The van der Waals surface area contributed by atoms with Crippen LogP contribution in [-0.2, 0) is 6.18 Å². The average molecular weight is 532 g/mol. The highest BCUT2D eigenvalue weighted by atomic mass is 32.2. The van der Waals surface area contributed by atoms with Crippen LogP contribution in [0.1, 0.15) is 31.4 Å².